The largest absolute Gasteiger partial charge is 0.348 e. The number of carbonyl (C=O) groups excluding carboxylic acids is 1. The summed E-state index contributed by atoms with van der Waals surface area (Å²) < 4.78 is 1.77. The molecule has 0 aliphatic carbocycles. The van der Waals surface area contributed by atoms with E-state index in [4.69, 9.17) is 0 Å². The van der Waals surface area contributed by atoms with Crippen LogP contribution < -0.4 is 15.5 Å². The average Bonchev–Trinajstić information content (AvgIpc) is 3.02. The van der Waals surface area contributed by atoms with Crippen LogP contribution in [0.25, 0.3) is 0 Å². The van der Waals surface area contributed by atoms with Gasteiger partial charge in [0, 0.05) is 13.6 Å². The lowest BCUT2D eigenvalue weighted by Gasteiger charge is -2.36. The van der Waals surface area contributed by atoms with Gasteiger partial charge in [-0.1, -0.05) is 19.1 Å². The lowest BCUT2D eigenvalue weighted by Crippen LogP contribution is -2.49. The highest BCUT2D eigenvalue weighted by molar-refractivity contribution is 6.03. The van der Waals surface area contributed by atoms with E-state index in [1.165, 1.54) is 0 Å². The van der Waals surface area contributed by atoms with Gasteiger partial charge in [-0.05, 0) is 19.8 Å². The highest BCUT2D eigenvalue weighted by Gasteiger charge is 2.35. The molecule has 2 aromatic rings. The van der Waals surface area contributed by atoms with Crippen molar-refractivity contribution < 1.29 is 4.79 Å². The van der Waals surface area contributed by atoms with Crippen molar-refractivity contribution in [1.29, 1.82) is 0 Å². The zero-order valence-corrected chi connectivity index (χ0v) is 15.2. The summed E-state index contributed by atoms with van der Waals surface area (Å²) in [6.07, 6.45) is 1.89. The zero-order chi connectivity index (χ0) is 18.1. The number of hydrogen-bond donors (Lipinski definition) is 2. The van der Waals surface area contributed by atoms with Gasteiger partial charge in [0.25, 0.3) is 0 Å². The Hall–Kier alpha value is -2.71. The van der Waals surface area contributed by atoms with Crippen LogP contribution in [0.2, 0.25) is 0 Å². The lowest BCUT2D eigenvalue weighted by molar-refractivity contribution is -0.118. The number of nitrogens with zero attached hydrogens (tertiary/aromatic N) is 6. The Bertz CT molecular complexity index is 784. The molecule has 9 heteroatoms. The first-order valence-corrected chi connectivity index (χ1v) is 8.46. The number of aromatic nitrogens is 5. The molecule has 0 bridgehead atoms. The van der Waals surface area contributed by atoms with Gasteiger partial charge in [-0.3, -0.25) is 9.48 Å². The minimum absolute atomic E-state index is 0.0198. The molecule has 1 aliphatic heterocycles. The first-order valence-electron chi connectivity index (χ1n) is 8.46. The molecule has 2 N–H and O–H groups in total. The molecule has 0 unspecified atom stereocenters. The second kappa shape index (κ2) is 6.66. The van der Waals surface area contributed by atoms with Gasteiger partial charge in [0.05, 0.1) is 18.4 Å². The monoisotopic (exact) mass is 344 g/mol. The molecule has 3 rings (SSSR count). The van der Waals surface area contributed by atoms with Gasteiger partial charge in [-0.2, -0.15) is 4.98 Å². The molecule has 0 fully saturated rings. The quantitative estimate of drug-likeness (QED) is 0.846. The second-order valence-corrected chi connectivity index (χ2v) is 6.54. The molecule has 0 saturated heterocycles. The molecule has 9 nitrogen and oxygen atoms in total. The van der Waals surface area contributed by atoms with Crippen molar-refractivity contribution in [3.8, 4) is 0 Å². The summed E-state index contributed by atoms with van der Waals surface area (Å²) in [6, 6.07) is -0.251. The number of rotatable bonds is 5. The van der Waals surface area contributed by atoms with Crippen LogP contribution in [0, 0.1) is 12.8 Å². The van der Waals surface area contributed by atoms with Gasteiger partial charge in [0.1, 0.15) is 17.4 Å². The molecule has 1 atom stereocenters. The lowest BCUT2D eigenvalue weighted by atomic mass is 9.99. The van der Waals surface area contributed by atoms with Crippen molar-refractivity contribution in [3.63, 3.8) is 0 Å². The van der Waals surface area contributed by atoms with Crippen molar-refractivity contribution in [1.82, 2.24) is 25.0 Å². The first-order chi connectivity index (χ1) is 11.9. The summed E-state index contributed by atoms with van der Waals surface area (Å²) in [4.78, 5) is 23.3. The van der Waals surface area contributed by atoms with E-state index in [0.29, 0.717) is 18.2 Å². The minimum atomic E-state index is -0.251. The van der Waals surface area contributed by atoms with E-state index in [-0.39, 0.29) is 17.9 Å². The third-order valence-corrected chi connectivity index (χ3v) is 4.31. The third-order valence-electron chi connectivity index (χ3n) is 4.31. The van der Waals surface area contributed by atoms with E-state index in [2.05, 4.69) is 30.9 Å². The van der Waals surface area contributed by atoms with Gasteiger partial charge < -0.3 is 15.5 Å². The first kappa shape index (κ1) is 17.1. The summed E-state index contributed by atoms with van der Waals surface area (Å²) in [5.74, 6) is 1.39. The topological polar surface area (TPSA) is 101 Å². The smallest absolute Gasteiger partial charge is 0.247 e. The van der Waals surface area contributed by atoms with Crippen LogP contribution in [0.4, 0.5) is 17.5 Å². The van der Waals surface area contributed by atoms with Crippen LogP contribution in [0.15, 0.2) is 6.20 Å². The maximum atomic E-state index is 12.3. The van der Waals surface area contributed by atoms with E-state index in [0.717, 1.165) is 23.8 Å². The predicted octanol–water partition coefficient (Wildman–Crippen LogP) is 1.42. The number of carbonyl (C=O) groups is 1. The van der Waals surface area contributed by atoms with Crippen LogP contribution in [0.1, 0.15) is 32.2 Å². The van der Waals surface area contributed by atoms with E-state index in [1.54, 1.807) is 4.68 Å². The van der Waals surface area contributed by atoms with Crippen molar-refractivity contribution in [2.24, 2.45) is 5.92 Å². The normalized spacial score (nSPS) is 16.8. The molecular weight excluding hydrogens is 320 g/mol. The van der Waals surface area contributed by atoms with E-state index in [9.17, 15) is 4.79 Å². The molecule has 0 saturated carbocycles. The maximum Gasteiger partial charge on any atom is 0.247 e. The SMILES string of the molecule is CCn1cc(CNc2nc(C)c3c(n2)N(C)[C@@H](C(C)C)C(=O)N3)nn1. The van der Waals surface area contributed by atoms with Crippen LogP contribution in [-0.2, 0) is 17.9 Å². The van der Waals surface area contributed by atoms with Crippen LogP contribution >= 0.6 is 0 Å². The Morgan fingerprint density at radius 2 is 2.12 bits per heavy atom. The van der Waals surface area contributed by atoms with Gasteiger partial charge in [0.2, 0.25) is 11.9 Å². The fraction of sp³-hybridized carbons (Fsp3) is 0.562. The highest BCUT2D eigenvalue weighted by atomic mass is 16.2. The summed E-state index contributed by atoms with van der Waals surface area (Å²) in [6.45, 7) is 9.19. The molecule has 3 heterocycles. The fourth-order valence-corrected chi connectivity index (χ4v) is 3.04. The summed E-state index contributed by atoms with van der Waals surface area (Å²) in [7, 11) is 1.89. The Balaban J connectivity index is 1.84. The van der Waals surface area contributed by atoms with Gasteiger partial charge in [-0.15, -0.1) is 5.10 Å². The number of likely N-dealkylation sites (N-methyl/N-ethyl adjacent to an activating group) is 1. The van der Waals surface area contributed by atoms with Crippen molar-refractivity contribution >= 4 is 23.4 Å². The Kier molecular flexibility index (Phi) is 4.56. The van der Waals surface area contributed by atoms with Crippen molar-refractivity contribution in [2.45, 2.75) is 46.8 Å². The Morgan fingerprint density at radius 3 is 2.76 bits per heavy atom. The Morgan fingerprint density at radius 1 is 1.36 bits per heavy atom. The van der Waals surface area contributed by atoms with Gasteiger partial charge in [0.15, 0.2) is 5.82 Å². The fourth-order valence-electron chi connectivity index (χ4n) is 3.04. The molecule has 2 aromatic heterocycles. The number of aryl methyl sites for hydroxylation is 2. The third kappa shape index (κ3) is 3.26. The molecular formula is C16H24N8O. The van der Waals surface area contributed by atoms with Crippen LogP contribution in [0.5, 0.6) is 0 Å². The van der Waals surface area contributed by atoms with Crippen LogP contribution in [0.3, 0.4) is 0 Å². The average molecular weight is 344 g/mol. The highest BCUT2D eigenvalue weighted by Crippen LogP contribution is 2.34. The number of anilines is 3. The van der Waals surface area contributed by atoms with E-state index in [1.807, 2.05) is 45.8 Å². The van der Waals surface area contributed by atoms with Gasteiger partial charge >= 0.3 is 0 Å². The summed E-state index contributed by atoms with van der Waals surface area (Å²) >= 11 is 0. The summed E-state index contributed by atoms with van der Waals surface area (Å²) in [5.41, 5.74) is 2.22. The molecule has 0 aromatic carbocycles. The number of fused-ring (bicyclic) bond motifs is 1. The maximum absolute atomic E-state index is 12.3. The molecule has 1 amide bonds. The molecule has 1 aliphatic rings. The van der Waals surface area contributed by atoms with E-state index < -0.39 is 0 Å². The zero-order valence-electron chi connectivity index (χ0n) is 15.2. The standard InChI is InChI=1S/C16H24N8O/c1-6-24-8-11(21-22-24)7-17-16-18-10(4)12-14(20-16)23(5)13(9(2)3)15(25)19-12/h8-9,13H,6-7H2,1-5H3,(H,19,25)(H,17,18,20)/t13-/m0/s1. The molecule has 0 radical (unpaired) electrons. The molecule has 0 spiro atoms. The van der Waals surface area contributed by atoms with Gasteiger partial charge in [-0.25, -0.2) is 4.98 Å². The van der Waals surface area contributed by atoms with Crippen molar-refractivity contribution in [3.05, 3.63) is 17.6 Å². The van der Waals surface area contributed by atoms with Crippen molar-refractivity contribution in [2.75, 3.05) is 22.6 Å². The summed E-state index contributed by atoms with van der Waals surface area (Å²) in [5, 5.41) is 14.2. The molecule has 25 heavy (non-hydrogen) atoms. The number of hydrogen-bond acceptors (Lipinski definition) is 7. The number of nitrogens with one attached hydrogen (secondary N) is 2. The van der Waals surface area contributed by atoms with Crippen LogP contribution in [-0.4, -0.2) is 44.0 Å². The van der Waals surface area contributed by atoms with E-state index >= 15 is 0 Å². The number of amides is 1. The minimum Gasteiger partial charge on any atom is -0.348 e. The Labute approximate surface area is 146 Å². The molecule has 134 valence electrons. The predicted molar refractivity (Wildman–Crippen MR) is 95.5 cm³/mol. The second-order valence-electron chi connectivity index (χ2n) is 6.54.